The van der Waals surface area contributed by atoms with Crippen molar-refractivity contribution in [2.24, 2.45) is 0 Å². The van der Waals surface area contributed by atoms with Crippen molar-refractivity contribution in [3.05, 3.63) is 48.2 Å². The van der Waals surface area contributed by atoms with Gasteiger partial charge in [-0.05, 0) is 50.8 Å². The van der Waals surface area contributed by atoms with Crippen LogP contribution in [-0.4, -0.2) is 52.9 Å². The van der Waals surface area contributed by atoms with E-state index in [1.165, 1.54) is 0 Å². The summed E-state index contributed by atoms with van der Waals surface area (Å²) in [6, 6.07) is 6.15. The number of hydrogen-bond donors (Lipinski definition) is 2. The Bertz CT molecular complexity index is 970. The van der Waals surface area contributed by atoms with Crippen LogP contribution in [0.15, 0.2) is 36.9 Å². The lowest BCUT2D eigenvalue weighted by Gasteiger charge is -2.29. The van der Waals surface area contributed by atoms with Gasteiger partial charge in [-0.1, -0.05) is 0 Å². The van der Waals surface area contributed by atoms with Crippen LogP contribution < -0.4 is 5.32 Å². The molecule has 0 radical (unpaired) electrons. The van der Waals surface area contributed by atoms with Crippen molar-refractivity contribution in [2.75, 3.05) is 20.3 Å². The van der Waals surface area contributed by atoms with Crippen molar-refractivity contribution in [3.63, 3.8) is 0 Å². The molecule has 7 nitrogen and oxygen atoms in total. The predicted molar refractivity (Wildman–Crippen MR) is 111 cm³/mol. The van der Waals surface area contributed by atoms with E-state index < -0.39 is 0 Å². The number of nitrogens with zero attached hydrogens (tertiary/aromatic N) is 2. The van der Waals surface area contributed by atoms with E-state index in [4.69, 9.17) is 9.47 Å². The van der Waals surface area contributed by atoms with Crippen molar-refractivity contribution in [1.29, 1.82) is 0 Å². The molecule has 1 aromatic carbocycles. The van der Waals surface area contributed by atoms with Gasteiger partial charge < -0.3 is 24.3 Å². The standard InChI is InChI=1S/C22H28N4O3/c1-15-13-26(14-24-15)18-11-16-7-8-23-21(16)20(12-18)22(27)25-17-3-5-19(6-4-17)29-10-9-28-2/h7-8,11-14,17,19,23H,3-6,9-10H2,1-2H3,(H,25,27). The van der Waals surface area contributed by atoms with Crippen molar-refractivity contribution < 1.29 is 14.3 Å². The quantitative estimate of drug-likeness (QED) is 0.600. The number of benzene rings is 1. The summed E-state index contributed by atoms with van der Waals surface area (Å²) in [5, 5.41) is 4.23. The summed E-state index contributed by atoms with van der Waals surface area (Å²) in [6.07, 6.45) is 9.64. The number of ether oxygens (including phenoxy) is 2. The minimum atomic E-state index is -0.0418. The number of amides is 1. The van der Waals surface area contributed by atoms with E-state index >= 15 is 0 Å². The minimum Gasteiger partial charge on any atom is -0.382 e. The first-order valence-corrected chi connectivity index (χ1v) is 10.2. The van der Waals surface area contributed by atoms with E-state index in [0.29, 0.717) is 18.8 Å². The Morgan fingerprint density at radius 2 is 2.10 bits per heavy atom. The molecule has 0 spiro atoms. The number of carbonyl (C=O) groups is 1. The van der Waals surface area contributed by atoms with Gasteiger partial charge in [0.05, 0.1) is 42.4 Å². The second-order valence-electron chi connectivity index (χ2n) is 7.67. The number of methoxy groups -OCH3 is 1. The number of fused-ring (bicyclic) bond motifs is 1. The summed E-state index contributed by atoms with van der Waals surface area (Å²) in [7, 11) is 1.68. The molecule has 3 aromatic rings. The Morgan fingerprint density at radius 1 is 1.28 bits per heavy atom. The van der Waals surface area contributed by atoms with Crippen molar-refractivity contribution in [3.8, 4) is 5.69 Å². The van der Waals surface area contributed by atoms with Crippen LogP contribution in [0.3, 0.4) is 0 Å². The molecular formula is C22H28N4O3. The maximum Gasteiger partial charge on any atom is 0.253 e. The third-order valence-corrected chi connectivity index (χ3v) is 5.55. The molecule has 154 valence electrons. The van der Waals surface area contributed by atoms with Crippen molar-refractivity contribution in [1.82, 2.24) is 19.9 Å². The van der Waals surface area contributed by atoms with Crippen LogP contribution in [0.5, 0.6) is 0 Å². The van der Waals surface area contributed by atoms with Crippen LogP contribution in [0.4, 0.5) is 0 Å². The fourth-order valence-corrected chi connectivity index (χ4v) is 3.98. The van der Waals surface area contributed by atoms with Gasteiger partial charge in [0.1, 0.15) is 0 Å². The summed E-state index contributed by atoms with van der Waals surface area (Å²) in [5.41, 5.74) is 3.39. The van der Waals surface area contributed by atoms with E-state index in [1.54, 1.807) is 13.4 Å². The van der Waals surface area contributed by atoms with Gasteiger partial charge in [0.15, 0.2) is 0 Å². The van der Waals surface area contributed by atoms with E-state index in [2.05, 4.69) is 21.4 Å². The number of nitrogens with one attached hydrogen (secondary N) is 2. The Labute approximate surface area is 170 Å². The van der Waals surface area contributed by atoms with E-state index in [1.807, 2.05) is 36.0 Å². The third kappa shape index (κ3) is 4.52. The van der Waals surface area contributed by atoms with Gasteiger partial charge in [-0.15, -0.1) is 0 Å². The molecule has 0 saturated heterocycles. The zero-order valence-electron chi connectivity index (χ0n) is 17.0. The average molecular weight is 396 g/mol. The second-order valence-corrected chi connectivity index (χ2v) is 7.67. The van der Waals surface area contributed by atoms with E-state index in [9.17, 15) is 4.79 Å². The van der Waals surface area contributed by atoms with Crippen LogP contribution in [-0.2, 0) is 9.47 Å². The predicted octanol–water partition coefficient (Wildman–Crippen LogP) is 3.37. The molecule has 1 fully saturated rings. The number of rotatable bonds is 7. The van der Waals surface area contributed by atoms with Crippen molar-refractivity contribution in [2.45, 2.75) is 44.8 Å². The summed E-state index contributed by atoms with van der Waals surface area (Å²) < 4.78 is 12.8. The number of hydrogen-bond acceptors (Lipinski definition) is 4. The van der Waals surface area contributed by atoms with Crippen LogP contribution in [0.2, 0.25) is 0 Å². The zero-order valence-corrected chi connectivity index (χ0v) is 17.0. The normalized spacial score (nSPS) is 19.5. The molecule has 4 rings (SSSR count). The molecule has 2 heterocycles. The number of H-pyrrole nitrogens is 1. The number of aromatic nitrogens is 3. The largest absolute Gasteiger partial charge is 0.382 e. The Hall–Kier alpha value is -2.64. The first kappa shape index (κ1) is 19.7. The van der Waals surface area contributed by atoms with Crippen LogP contribution >= 0.6 is 0 Å². The van der Waals surface area contributed by atoms with Crippen LogP contribution in [0.25, 0.3) is 16.6 Å². The molecule has 0 unspecified atom stereocenters. The van der Waals surface area contributed by atoms with E-state index in [0.717, 1.165) is 48.0 Å². The fourth-order valence-electron chi connectivity index (χ4n) is 3.98. The highest BCUT2D eigenvalue weighted by molar-refractivity contribution is 6.06. The highest BCUT2D eigenvalue weighted by Gasteiger charge is 2.24. The van der Waals surface area contributed by atoms with E-state index in [-0.39, 0.29) is 18.1 Å². The summed E-state index contributed by atoms with van der Waals surface area (Å²) in [4.78, 5) is 20.6. The number of imidazole rings is 1. The van der Waals surface area contributed by atoms with Crippen LogP contribution in [0.1, 0.15) is 41.7 Å². The van der Waals surface area contributed by atoms with Gasteiger partial charge >= 0.3 is 0 Å². The van der Waals surface area contributed by atoms with Gasteiger partial charge in [-0.2, -0.15) is 0 Å². The lowest BCUT2D eigenvalue weighted by Crippen LogP contribution is -2.39. The topological polar surface area (TPSA) is 81.2 Å². The first-order chi connectivity index (χ1) is 14.1. The van der Waals surface area contributed by atoms with Gasteiger partial charge in [-0.3, -0.25) is 4.79 Å². The average Bonchev–Trinajstić information content (AvgIpc) is 3.37. The molecule has 1 amide bonds. The van der Waals surface area contributed by atoms with Gasteiger partial charge in [0, 0.05) is 36.6 Å². The maximum atomic E-state index is 13.1. The highest BCUT2D eigenvalue weighted by Crippen LogP contribution is 2.25. The third-order valence-electron chi connectivity index (χ3n) is 5.55. The van der Waals surface area contributed by atoms with Crippen molar-refractivity contribution >= 4 is 16.8 Å². The molecule has 0 atom stereocenters. The Kier molecular flexibility index (Phi) is 5.97. The van der Waals surface area contributed by atoms with Crippen LogP contribution in [0, 0.1) is 6.92 Å². The lowest BCUT2D eigenvalue weighted by molar-refractivity contribution is -0.00408. The molecular weight excluding hydrogens is 368 g/mol. The zero-order chi connectivity index (χ0) is 20.2. The SMILES string of the molecule is COCCOC1CCC(NC(=O)c2cc(-n3cnc(C)c3)cc3cc[nH]c23)CC1. The molecule has 2 N–H and O–H groups in total. The van der Waals surface area contributed by atoms with Gasteiger partial charge in [0.25, 0.3) is 5.91 Å². The number of aromatic amines is 1. The summed E-state index contributed by atoms with van der Waals surface area (Å²) >= 11 is 0. The molecule has 7 heteroatoms. The van der Waals surface area contributed by atoms with Gasteiger partial charge in [-0.25, -0.2) is 4.98 Å². The Morgan fingerprint density at radius 3 is 2.83 bits per heavy atom. The molecule has 29 heavy (non-hydrogen) atoms. The minimum absolute atomic E-state index is 0.0418. The number of carbonyl (C=O) groups excluding carboxylic acids is 1. The number of aryl methyl sites for hydroxylation is 1. The highest BCUT2D eigenvalue weighted by atomic mass is 16.5. The fraction of sp³-hybridized carbons (Fsp3) is 0.455. The smallest absolute Gasteiger partial charge is 0.253 e. The molecule has 1 saturated carbocycles. The lowest BCUT2D eigenvalue weighted by atomic mass is 9.92. The second kappa shape index (κ2) is 8.80. The van der Waals surface area contributed by atoms with Gasteiger partial charge in [0.2, 0.25) is 0 Å². The molecule has 0 aliphatic heterocycles. The monoisotopic (exact) mass is 396 g/mol. The maximum absolute atomic E-state index is 13.1. The first-order valence-electron chi connectivity index (χ1n) is 10.2. The summed E-state index contributed by atoms with van der Waals surface area (Å²) in [5.74, 6) is -0.0418. The molecule has 1 aliphatic rings. The Balaban J connectivity index is 1.46. The molecule has 0 bridgehead atoms. The summed E-state index contributed by atoms with van der Waals surface area (Å²) in [6.45, 7) is 3.20. The molecule has 2 aromatic heterocycles. The molecule has 1 aliphatic carbocycles.